The second-order valence-corrected chi connectivity index (χ2v) is 9.16. The fourth-order valence-corrected chi connectivity index (χ4v) is 4.68. The summed E-state index contributed by atoms with van der Waals surface area (Å²) in [6.45, 7) is 6.96. The lowest BCUT2D eigenvalue weighted by atomic mass is 10.1. The summed E-state index contributed by atoms with van der Waals surface area (Å²) < 4.78 is 13.3. The molecule has 0 saturated carbocycles. The quantitative estimate of drug-likeness (QED) is 0.283. The third-order valence-corrected chi connectivity index (χ3v) is 6.55. The summed E-state index contributed by atoms with van der Waals surface area (Å²) in [5, 5.41) is 6.70. The Kier molecular flexibility index (Phi) is 10.3. The van der Waals surface area contributed by atoms with Crippen molar-refractivity contribution in [2.75, 3.05) is 48.3 Å². The standard InChI is InChI=1S/C29H30FN5O.2ClH/c1-21-11-12-26-27(31-21)9-4-10-28(26)35-17-15-34(16-18-35)14-13-22-5-2-7-24(19-22)32-29(36)33-25-8-3-6-23(30)20-25;;/h2-12,19-20H,13-18H2,1H3,(H2,32,33,36);2*1H. The number of aryl methyl sites for hydroxylation is 1. The van der Waals surface area contributed by atoms with E-state index in [4.69, 9.17) is 0 Å². The molecule has 9 heteroatoms. The molecule has 0 unspecified atom stereocenters. The van der Waals surface area contributed by atoms with Gasteiger partial charge in [-0.25, -0.2) is 9.18 Å². The van der Waals surface area contributed by atoms with E-state index in [0.717, 1.165) is 55.9 Å². The zero-order valence-corrected chi connectivity index (χ0v) is 22.8. The number of pyridine rings is 1. The first-order valence-electron chi connectivity index (χ1n) is 12.3. The van der Waals surface area contributed by atoms with Gasteiger partial charge >= 0.3 is 6.03 Å². The number of anilines is 3. The molecule has 3 aromatic carbocycles. The van der Waals surface area contributed by atoms with Crippen molar-refractivity contribution < 1.29 is 9.18 Å². The minimum atomic E-state index is -0.396. The van der Waals surface area contributed by atoms with Gasteiger partial charge in [0.15, 0.2) is 0 Å². The molecule has 0 spiro atoms. The summed E-state index contributed by atoms with van der Waals surface area (Å²) in [5.74, 6) is -0.389. The van der Waals surface area contributed by atoms with Crippen LogP contribution in [0, 0.1) is 12.7 Å². The normalized spacial score (nSPS) is 13.4. The maximum atomic E-state index is 13.3. The number of carbonyl (C=O) groups is 1. The summed E-state index contributed by atoms with van der Waals surface area (Å²) >= 11 is 0. The smallest absolute Gasteiger partial charge is 0.323 e. The molecule has 200 valence electrons. The van der Waals surface area contributed by atoms with Crippen molar-refractivity contribution in [3.05, 3.63) is 95.9 Å². The summed E-state index contributed by atoms with van der Waals surface area (Å²) in [5.41, 5.74) is 5.64. The number of urea groups is 1. The van der Waals surface area contributed by atoms with Gasteiger partial charge in [-0.15, -0.1) is 24.8 Å². The van der Waals surface area contributed by atoms with Crippen molar-refractivity contribution in [1.29, 1.82) is 0 Å². The molecule has 1 aliphatic rings. The Morgan fingerprint density at radius 2 is 1.55 bits per heavy atom. The van der Waals surface area contributed by atoms with Crippen LogP contribution in [0.2, 0.25) is 0 Å². The average Bonchev–Trinajstić information content (AvgIpc) is 2.87. The van der Waals surface area contributed by atoms with Crippen LogP contribution in [0.5, 0.6) is 0 Å². The number of piperazine rings is 1. The number of nitrogens with one attached hydrogen (secondary N) is 2. The minimum Gasteiger partial charge on any atom is -0.368 e. The molecular weight excluding hydrogens is 524 g/mol. The Hall–Kier alpha value is -3.39. The fraction of sp³-hybridized carbons (Fsp3) is 0.241. The van der Waals surface area contributed by atoms with Gasteiger partial charge in [-0.2, -0.15) is 0 Å². The number of halogens is 3. The minimum absolute atomic E-state index is 0. The van der Waals surface area contributed by atoms with E-state index in [0.29, 0.717) is 11.4 Å². The highest BCUT2D eigenvalue weighted by Gasteiger charge is 2.19. The van der Waals surface area contributed by atoms with Crippen LogP contribution in [0.25, 0.3) is 10.9 Å². The van der Waals surface area contributed by atoms with Gasteiger partial charge in [-0.1, -0.05) is 24.3 Å². The lowest BCUT2D eigenvalue weighted by Crippen LogP contribution is -2.47. The predicted molar refractivity (Wildman–Crippen MR) is 159 cm³/mol. The van der Waals surface area contributed by atoms with Gasteiger partial charge in [0.2, 0.25) is 0 Å². The molecule has 0 aliphatic carbocycles. The number of amides is 2. The topological polar surface area (TPSA) is 60.5 Å². The van der Waals surface area contributed by atoms with Gasteiger partial charge in [0, 0.05) is 60.9 Å². The second-order valence-electron chi connectivity index (χ2n) is 9.16. The molecule has 2 N–H and O–H groups in total. The zero-order chi connectivity index (χ0) is 24.9. The number of hydrogen-bond acceptors (Lipinski definition) is 4. The summed E-state index contributed by atoms with van der Waals surface area (Å²) in [4.78, 5) is 21.9. The van der Waals surface area contributed by atoms with Crippen LogP contribution in [0.1, 0.15) is 11.3 Å². The monoisotopic (exact) mass is 555 g/mol. The number of carbonyl (C=O) groups excluding carboxylic acids is 1. The van der Waals surface area contributed by atoms with Gasteiger partial charge in [-0.05, 0) is 73.5 Å². The molecule has 0 bridgehead atoms. The molecule has 2 amide bonds. The number of rotatable bonds is 6. The van der Waals surface area contributed by atoms with Crippen molar-refractivity contribution >= 4 is 58.8 Å². The maximum Gasteiger partial charge on any atom is 0.323 e. The third kappa shape index (κ3) is 7.34. The van der Waals surface area contributed by atoms with Crippen LogP contribution in [0.3, 0.4) is 0 Å². The van der Waals surface area contributed by atoms with Crippen molar-refractivity contribution in [3.63, 3.8) is 0 Å². The highest BCUT2D eigenvalue weighted by Crippen LogP contribution is 2.27. The Morgan fingerprint density at radius 3 is 2.29 bits per heavy atom. The molecule has 0 atom stereocenters. The van der Waals surface area contributed by atoms with E-state index in [1.807, 2.05) is 25.1 Å². The van der Waals surface area contributed by atoms with E-state index in [9.17, 15) is 9.18 Å². The molecule has 38 heavy (non-hydrogen) atoms. The van der Waals surface area contributed by atoms with Crippen LogP contribution in [0.4, 0.5) is 26.2 Å². The fourth-order valence-electron chi connectivity index (χ4n) is 4.68. The van der Waals surface area contributed by atoms with E-state index in [2.05, 4.69) is 61.8 Å². The van der Waals surface area contributed by atoms with Gasteiger partial charge in [-0.3, -0.25) is 9.88 Å². The van der Waals surface area contributed by atoms with Crippen LogP contribution in [0.15, 0.2) is 78.9 Å². The van der Waals surface area contributed by atoms with Crippen LogP contribution in [-0.4, -0.2) is 48.6 Å². The molecule has 1 aliphatic heterocycles. The molecule has 2 heterocycles. The van der Waals surface area contributed by atoms with E-state index in [1.165, 1.54) is 23.2 Å². The number of aromatic nitrogens is 1. The van der Waals surface area contributed by atoms with Crippen molar-refractivity contribution in [2.45, 2.75) is 13.3 Å². The summed E-state index contributed by atoms with van der Waals surface area (Å²) in [6.07, 6.45) is 0.901. The van der Waals surface area contributed by atoms with Gasteiger partial charge in [0.25, 0.3) is 0 Å². The second kappa shape index (κ2) is 13.4. The Bertz CT molecular complexity index is 1380. The molecule has 0 radical (unpaired) electrons. The first kappa shape index (κ1) is 29.2. The first-order chi connectivity index (χ1) is 17.5. The summed E-state index contributed by atoms with van der Waals surface area (Å²) in [7, 11) is 0. The lowest BCUT2D eigenvalue weighted by Gasteiger charge is -2.36. The summed E-state index contributed by atoms with van der Waals surface area (Å²) in [6, 6.07) is 23.9. The largest absolute Gasteiger partial charge is 0.368 e. The van der Waals surface area contributed by atoms with Gasteiger partial charge in [0.05, 0.1) is 5.52 Å². The highest BCUT2D eigenvalue weighted by atomic mass is 35.5. The molecule has 6 nitrogen and oxygen atoms in total. The van der Waals surface area contributed by atoms with E-state index < -0.39 is 6.03 Å². The number of fused-ring (bicyclic) bond motifs is 1. The first-order valence-corrected chi connectivity index (χ1v) is 12.3. The molecule has 5 rings (SSSR count). The SMILES string of the molecule is Cc1ccc2c(N3CCN(CCc4cccc(NC(=O)Nc5cccc(F)c5)c4)CC3)cccc2n1.Cl.Cl. The maximum absolute atomic E-state index is 13.3. The van der Waals surface area contributed by atoms with Gasteiger partial charge in [0.1, 0.15) is 5.82 Å². The van der Waals surface area contributed by atoms with E-state index >= 15 is 0 Å². The Morgan fingerprint density at radius 1 is 0.868 bits per heavy atom. The molecule has 1 aromatic heterocycles. The average molecular weight is 557 g/mol. The zero-order valence-electron chi connectivity index (χ0n) is 21.2. The molecule has 4 aromatic rings. The van der Waals surface area contributed by atoms with Crippen molar-refractivity contribution in [2.24, 2.45) is 0 Å². The molecule has 1 fully saturated rings. The predicted octanol–water partition coefficient (Wildman–Crippen LogP) is 6.53. The Balaban J connectivity index is 0.00000200. The van der Waals surface area contributed by atoms with Crippen LogP contribution < -0.4 is 15.5 Å². The number of hydrogen-bond donors (Lipinski definition) is 2. The molecular formula is C29H32Cl2FN5O. The lowest BCUT2D eigenvalue weighted by molar-refractivity contribution is 0.261. The Labute approximate surface area is 235 Å². The van der Waals surface area contributed by atoms with Crippen LogP contribution >= 0.6 is 24.8 Å². The van der Waals surface area contributed by atoms with Crippen molar-refractivity contribution in [3.8, 4) is 0 Å². The van der Waals surface area contributed by atoms with Crippen molar-refractivity contribution in [1.82, 2.24) is 9.88 Å². The number of benzene rings is 3. The number of nitrogens with zero attached hydrogens (tertiary/aromatic N) is 3. The van der Waals surface area contributed by atoms with E-state index in [-0.39, 0.29) is 30.6 Å². The van der Waals surface area contributed by atoms with E-state index in [1.54, 1.807) is 12.1 Å². The molecule has 1 saturated heterocycles. The highest BCUT2D eigenvalue weighted by molar-refractivity contribution is 5.99. The van der Waals surface area contributed by atoms with Gasteiger partial charge < -0.3 is 15.5 Å². The third-order valence-electron chi connectivity index (χ3n) is 6.55. The van der Waals surface area contributed by atoms with Crippen LogP contribution in [-0.2, 0) is 6.42 Å².